The molecule has 3 rings (SSSR count). The van der Waals surface area contributed by atoms with Crippen LogP contribution in [0.3, 0.4) is 0 Å². The molecule has 1 aliphatic rings. The second-order valence-corrected chi connectivity index (χ2v) is 5.68. The molecule has 21 heavy (non-hydrogen) atoms. The van der Waals surface area contributed by atoms with Gasteiger partial charge in [0.15, 0.2) is 0 Å². The van der Waals surface area contributed by atoms with Crippen LogP contribution in [-0.4, -0.2) is 44.5 Å². The van der Waals surface area contributed by atoms with Crippen LogP contribution in [0.1, 0.15) is 41.9 Å². The van der Waals surface area contributed by atoms with Crippen molar-refractivity contribution in [3.63, 3.8) is 0 Å². The van der Waals surface area contributed by atoms with Crippen LogP contribution in [0.2, 0.25) is 0 Å². The van der Waals surface area contributed by atoms with E-state index in [1.807, 2.05) is 40.6 Å². The third-order valence-corrected chi connectivity index (χ3v) is 4.25. The summed E-state index contributed by atoms with van der Waals surface area (Å²) in [5.41, 5.74) is 2.39. The van der Waals surface area contributed by atoms with Crippen LogP contribution in [-0.2, 0) is 0 Å². The Balaban J connectivity index is 1.84. The van der Waals surface area contributed by atoms with Crippen molar-refractivity contribution in [3.05, 3.63) is 35.8 Å². The van der Waals surface area contributed by atoms with Crippen LogP contribution >= 0.6 is 0 Å². The SMILES string of the molecule is Cc1cccc2nc(C(=O)N3CCCC3CCCO)cn12. The van der Waals surface area contributed by atoms with Crippen LogP contribution in [0.25, 0.3) is 5.65 Å². The third-order valence-electron chi connectivity index (χ3n) is 4.25. The topological polar surface area (TPSA) is 57.8 Å². The van der Waals surface area contributed by atoms with E-state index in [4.69, 9.17) is 5.11 Å². The van der Waals surface area contributed by atoms with Gasteiger partial charge >= 0.3 is 0 Å². The quantitative estimate of drug-likeness (QED) is 0.936. The van der Waals surface area contributed by atoms with Gasteiger partial charge in [0.1, 0.15) is 11.3 Å². The summed E-state index contributed by atoms with van der Waals surface area (Å²) < 4.78 is 1.95. The number of aliphatic hydroxyl groups is 1. The van der Waals surface area contributed by atoms with Gasteiger partial charge in [0.05, 0.1) is 0 Å². The van der Waals surface area contributed by atoms with Crippen LogP contribution in [0.4, 0.5) is 0 Å². The van der Waals surface area contributed by atoms with Crippen molar-refractivity contribution >= 4 is 11.6 Å². The molecule has 1 unspecified atom stereocenters. The Morgan fingerprint density at radius 2 is 2.33 bits per heavy atom. The molecule has 0 aromatic carbocycles. The predicted molar refractivity (Wildman–Crippen MR) is 80.3 cm³/mol. The van der Waals surface area contributed by atoms with Gasteiger partial charge < -0.3 is 14.4 Å². The first-order chi connectivity index (χ1) is 10.2. The van der Waals surface area contributed by atoms with Crippen molar-refractivity contribution in [2.75, 3.05) is 13.2 Å². The molecule has 1 aliphatic heterocycles. The Hall–Kier alpha value is -1.88. The van der Waals surface area contributed by atoms with E-state index >= 15 is 0 Å². The van der Waals surface area contributed by atoms with Crippen LogP contribution in [0, 0.1) is 6.92 Å². The molecule has 2 aromatic heterocycles. The van der Waals surface area contributed by atoms with E-state index in [0.29, 0.717) is 5.69 Å². The zero-order valence-corrected chi connectivity index (χ0v) is 12.3. The molecule has 1 amide bonds. The van der Waals surface area contributed by atoms with E-state index < -0.39 is 0 Å². The fraction of sp³-hybridized carbons (Fsp3) is 0.500. The van der Waals surface area contributed by atoms with Crippen molar-refractivity contribution in [2.24, 2.45) is 0 Å². The van der Waals surface area contributed by atoms with Gasteiger partial charge in [-0.25, -0.2) is 4.98 Å². The summed E-state index contributed by atoms with van der Waals surface area (Å²) in [6, 6.07) is 6.11. The number of carbonyl (C=O) groups excluding carboxylic acids is 1. The van der Waals surface area contributed by atoms with Crippen LogP contribution < -0.4 is 0 Å². The normalized spacial score (nSPS) is 18.6. The summed E-state index contributed by atoms with van der Waals surface area (Å²) >= 11 is 0. The van der Waals surface area contributed by atoms with E-state index in [9.17, 15) is 4.79 Å². The van der Waals surface area contributed by atoms with Crippen molar-refractivity contribution in [2.45, 2.75) is 38.6 Å². The summed E-state index contributed by atoms with van der Waals surface area (Å²) in [5, 5.41) is 8.98. The smallest absolute Gasteiger partial charge is 0.274 e. The van der Waals surface area contributed by atoms with E-state index in [0.717, 1.165) is 43.6 Å². The molecule has 5 nitrogen and oxygen atoms in total. The van der Waals surface area contributed by atoms with Gasteiger partial charge in [-0.1, -0.05) is 6.07 Å². The van der Waals surface area contributed by atoms with Gasteiger partial charge in [0, 0.05) is 31.1 Å². The first kappa shape index (κ1) is 14.1. The molecule has 1 saturated heterocycles. The second-order valence-electron chi connectivity index (χ2n) is 5.68. The molecule has 0 saturated carbocycles. The first-order valence-electron chi connectivity index (χ1n) is 7.57. The zero-order chi connectivity index (χ0) is 14.8. The molecule has 112 valence electrons. The molecule has 1 N–H and O–H groups in total. The highest BCUT2D eigenvalue weighted by atomic mass is 16.3. The number of rotatable bonds is 4. The number of hydrogen-bond donors (Lipinski definition) is 1. The molecule has 5 heteroatoms. The average Bonchev–Trinajstić information content (AvgIpc) is 3.11. The molecule has 0 spiro atoms. The Kier molecular flexibility index (Phi) is 3.92. The van der Waals surface area contributed by atoms with Crippen molar-refractivity contribution < 1.29 is 9.90 Å². The molecular weight excluding hydrogens is 266 g/mol. The van der Waals surface area contributed by atoms with Crippen molar-refractivity contribution in [3.8, 4) is 0 Å². The standard InChI is InChI=1S/C16H21N3O2/c1-12-5-2-8-15-17-14(11-19(12)15)16(21)18-9-3-6-13(18)7-4-10-20/h2,5,8,11,13,20H,3-4,6-7,9-10H2,1H3. The van der Waals surface area contributed by atoms with Gasteiger partial charge in [0.2, 0.25) is 0 Å². The summed E-state index contributed by atoms with van der Waals surface area (Å²) in [5.74, 6) is 0.0125. The third kappa shape index (κ3) is 2.65. The number of aromatic nitrogens is 2. The highest BCUT2D eigenvalue weighted by Crippen LogP contribution is 2.23. The fourth-order valence-corrected chi connectivity index (χ4v) is 3.13. The predicted octanol–water partition coefficient (Wildman–Crippen LogP) is 2.02. The van der Waals surface area contributed by atoms with Crippen molar-refractivity contribution in [1.82, 2.24) is 14.3 Å². The number of carbonyl (C=O) groups is 1. The number of aliphatic hydroxyl groups excluding tert-OH is 1. The van der Waals surface area contributed by atoms with Gasteiger partial charge in [0.25, 0.3) is 5.91 Å². The van der Waals surface area contributed by atoms with Crippen LogP contribution in [0.15, 0.2) is 24.4 Å². The Bertz CT molecular complexity index is 650. The summed E-state index contributed by atoms with van der Waals surface area (Å²) in [6.07, 6.45) is 5.51. The van der Waals surface area contributed by atoms with Crippen molar-refractivity contribution in [1.29, 1.82) is 0 Å². The minimum atomic E-state index is 0.0125. The highest BCUT2D eigenvalue weighted by molar-refractivity contribution is 5.93. The lowest BCUT2D eigenvalue weighted by molar-refractivity contribution is 0.0719. The van der Waals surface area contributed by atoms with E-state index in [1.54, 1.807) is 0 Å². The van der Waals surface area contributed by atoms with Gasteiger partial charge in [-0.2, -0.15) is 0 Å². The number of likely N-dealkylation sites (tertiary alicyclic amines) is 1. The summed E-state index contributed by atoms with van der Waals surface area (Å²) in [6.45, 7) is 2.98. The fourth-order valence-electron chi connectivity index (χ4n) is 3.13. The largest absolute Gasteiger partial charge is 0.396 e. The second kappa shape index (κ2) is 5.85. The lowest BCUT2D eigenvalue weighted by atomic mass is 10.1. The van der Waals surface area contributed by atoms with Gasteiger partial charge in [-0.15, -0.1) is 0 Å². The van der Waals surface area contributed by atoms with Crippen LogP contribution in [0.5, 0.6) is 0 Å². The first-order valence-corrected chi connectivity index (χ1v) is 7.57. The highest BCUT2D eigenvalue weighted by Gasteiger charge is 2.30. The summed E-state index contributed by atoms with van der Waals surface area (Å²) in [4.78, 5) is 19.1. The van der Waals surface area contributed by atoms with E-state index in [2.05, 4.69) is 4.98 Å². The Morgan fingerprint density at radius 1 is 1.48 bits per heavy atom. The lowest BCUT2D eigenvalue weighted by Gasteiger charge is -2.23. The van der Waals surface area contributed by atoms with E-state index in [1.165, 1.54) is 0 Å². The number of nitrogens with zero attached hydrogens (tertiary/aromatic N) is 3. The molecule has 0 radical (unpaired) electrons. The molecule has 0 aliphatic carbocycles. The monoisotopic (exact) mass is 287 g/mol. The van der Waals surface area contributed by atoms with E-state index in [-0.39, 0.29) is 18.6 Å². The number of pyridine rings is 1. The molecule has 1 fully saturated rings. The van der Waals surface area contributed by atoms with Gasteiger partial charge in [-0.3, -0.25) is 4.79 Å². The Labute approximate surface area is 124 Å². The lowest BCUT2D eigenvalue weighted by Crippen LogP contribution is -2.35. The zero-order valence-electron chi connectivity index (χ0n) is 12.3. The average molecular weight is 287 g/mol. The maximum atomic E-state index is 12.7. The minimum absolute atomic E-state index is 0.0125. The maximum Gasteiger partial charge on any atom is 0.274 e. The number of hydrogen-bond acceptors (Lipinski definition) is 3. The molecule has 3 heterocycles. The molecule has 2 aromatic rings. The molecular formula is C16H21N3O2. The number of aryl methyl sites for hydroxylation is 1. The maximum absolute atomic E-state index is 12.7. The number of fused-ring (bicyclic) bond motifs is 1. The minimum Gasteiger partial charge on any atom is -0.396 e. The molecule has 0 bridgehead atoms. The molecule has 1 atom stereocenters. The number of amides is 1. The number of imidazole rings is 1. The Morgan fingerprint density at radius 3 is 3.10 bits per heavy atom. The van der Waals surface area contributed by atoms with Gasteiger partial charge in [-0.05, 0) is 44.7 Å². The summed E-state index contributed by atoms with van der Waals surface area (Å²) in [7, 11) is 0.